The summed E-state index contributed by atoms with van der Waals surface area (Å²) in [6, 6.07) is 6.23. The van der Waals surface area contributed by atoms with Gasteiger partial charge in [-0.3, -0.25) is 0 Å². The van der Waals surface area contributed by atoms with Crippen molar-refractivity contribution >= 4 is 0 Å². The molecule has 1 heterocycles. The molecule has 1 spiro atoms. The van der Waals surface area contributed by atoms with Crippen molar-refractivity contribution in [2.24, 2.45) is 11.8 Å². The lowest BCUT2D eigenvalue weighted by atomic mass is 9.67. The maximum atomic E-state index is 16.1. The van der Waals surface area contributed by atoms with Crippen molar-refractivity contribution in [3.63, 3.8) is 0 Å². The van der Waals surface area contributed by atoms with Crippen molar-refractivity contribution in [3.05, 3.63) is 34.4 Å². The summed E-state index contributed by atoms with van der Waals surface area (Å²) in [6.45, 7) is 11.7. The van der Waals surface area contributed by atoms with Gasteiger partial charge < -0.3 is 4.74 Å². The van der Waals surface area contributed by atoms with Crippen LogP contribution < -0.4 is 0 Å². The Bertz CT molecular complexity index is 743. The SMILES string of the molecule is CC(C)C.Cc1ccc(C#N)c2c1C(C)CCC[C@@H]1CC3(CCC1(F)C2)CO3. The molecule has 4 rings (SSSR count). The second-order valence-electron chi connectivity index (χ2n) is 10.1. The zero-order valence-corrected chi connectivity index (χ0v) is 18.3. The molecule has 1 aromatic rings. The molecule has 2 aliphatic carbocycles. The van der Waals surface area contributed by atoms with Crippen molar-refractivity contribution in [3.8, 4) is 6.07 Å². The summed E-state index contributed by atoms with van der Waals surface area (Å²) >= 11 is 0. The normalized spacial score (nSPS) is 34.1. The molecule has 1 saturated carbocycles. The monoisotopic (exact) mass is 385 g/mol. The Labute approximate surface area is 170 Å². The summed E-state index contributed by atoms with van der Waals surface area (Å²) in [5.41, 5.74) is 2.89. The number of benzene rings is 1. The van der Waals surface area contributed by atoms with Crippen LogP contribution in [0.4, 0.5) is 4.39 Å². The van der Waals surface area contributed by atoms with E-state index < -0.39 is 5.67 Å². The van der Waals surface area contributed by atoms with E-state index >= 15 is 4.39 Å². The zero-order chi connectivity index (χ0) is 20.5. The van der Waals surface area contributed by atoms with Crippen molar-refractivity contribution in [1.82, 2.24) is 0 Å². The van der Waals surface area contributed by atoms with Gasteiger partial charge in [-0.1, -0.05) is 40.2 Å². The number of halogens is 1. The minimum absolute atomic E-state index is 0.00653. The van der Waals surface area contributed by atoms with E-state index in [1.807, 2.05) is 12.1 Å². The number of hydrogen-bond donors (Lipinski definition) is 0. The van der Waals surface area contributed by atoms with Crippen LogP contribution in [0.15, 0.2) is 12.1 Å². The molecule has 1 aromatic carbocycles. The fraction of sp³-hybridized carbons (Fsp3) is 0.720. The summed E-state index contributed by atoms with van der Waals surface area (Å²) in [7, 11) is 0. The summed E-state index contributed by atoms with van der Waals surface area (Å²) in [4.78, 5) is 0. The third-order valence-corrected chi connectivity index (χ3v) is 6.75. The van der Waals surface area contributed by atoms with Crippen LogP contribution in [0.25, 0.3) is 0 Å². The molecule has 1 aliphatic heterocycles. The van der Waals surface area contributed by atoms with E-state index in [0.717, 1.165) is 50.2 Å². The summed E-state index contributed by atoms with van der Waals surface area (Å²) in [6.07, 6.45) is 5.75. The number of nitriles is 1. The average molecular weight is 386 g/mol. The highest BCUT2D eigenvalue weighted by Crippen LogP contribution is 2.53. The topological polar surface area (TPSA) is 36.3 Å². The molecule has 0 bridgehead atoms. The van der Waals surface area contributed by atoms with Crippen LogP contribution in [0.5, 0.6) is 0 Å². The van der Waals surface area contributed by atoms with Gasteiger partial charge in [0.1, 0.15) is 5.67 Å². The average Bonchev–Trinajstić information content (AvgIpc) is 3.36. The zero-order valence-electron chi connectivity index (χ0n) is 18.3. The molecule has 0 N–H and O–H groups in total. The molecule has 3 heteroatoms. The standard InChI is InChI=1S/C21H26FNO.C4H10/c1-14-4-3-5-17-10-20(13-24-20)8-9-21(17,22)11-18-16(12-23)7-6-15(2)19(14)18;1-4(2)3/h6-7,14,17H,3-5,8-11,13H2,1-2H3;4H,1-3H3/t14?,17-,20?,21?;/m1./s1. The second kappa shape index (κ2) is 8.15. The first kappa shape index (κ1) is 21.3. The van der Waals surface area contributed by atoms with Gasteiger partial charge in [0.05, 0.1) is 23.8 Å². The molecule has 0 radical (unpaired) electrons. The fourth-order valence-electron chi connectivity index (χ4n) is 5.20. The van der Waals surface area contributed by atoms with Gasteiger partial charge >= 0.3 is 0 Å². The first-order chi connectivity index (χ1) is 13.2. The quantitative estimate of drug-likeness (QED) is 0.470. The van der Waals surface area contributed by atoms with Gasteiger partial charge in [-0.05, 0) is 79.5 Å². The predicted octanol–water partition coefficient (Wildman–Crippen LogP) is 6.64. The van der Waals surface area contributed by atoms with Gasteiger partial charge in [0, 0.05) is 6.42 Å². The Kier molecular flexibility index (Phi) is 6.20. The van der Waals surface area contributed by atoms with E-state index in [1.165, 1.54) is 11.1 Å². The van der Waals surface area contributed by atoms with E-state index in [2.05, 4.69) is 40.7 Å². The minimum atomic E-state index is -1.19. The number of rotatable bonds is 0. The molecule has 28 heavy (non-hydrogen) atoms. The van der Waals surface area contributed by atoms with Crippen molar-refractivity contribution < 1.29 is 9.13 Å². The molecule has 0 aromatic heterocycles. The Hall–Kier alpha value is -1.40. The molecule has 3 unspecified atom stereocenters. The first-order valence-electron chi connectivity index (χ1n) is 11.0. The highest BCUT2D eigenvalue weighted by Gasteiger charge is 2.56. The number of epoxide rings is 1. The maximum Gasteiger partial charge on any atom is 0.118 e. The summed E-state index contributed by atoms with van der Waals surface area (Å²) in [5, 5.41) is 9.58. The van der Waals surface area contributed by atoms with Gasteiger partial charge in [0.15, 0.2) is 0 Å². The molecule has 2 nitrogen and oxygen atoms in total. The van der Waals surface area contributed by atoms with Crippen LogP contribution in [-0.2, 0) is 11.2 Å². The van der Waals surface area contributed by atoms with Gasteiger partial charge in [-0.25, -0.2) is 4.39 Å². The van der Waals surface area contributed by atoms with Gasteiger partial charge in [-0.2, -0.15) is 5.26 Å². The van der Waals surface area contributed by atoms with Crippen LogP contribution in [-0.4, -0.2) is 17.9 Å². The van der Waals surface area contributed by atoms with Crippen molar-refractivity contribution in [2.75, 3.05) is 6.61 Å². The Morgan fingerprint density at radius 1 is 1.21 bits per heavy atom. The highest BCUT2D eigenvalue weighted by atomic mass is 19.1. The fourth-order valence-corrected chi connectivity index (χ4v) is 5.20. The maximum absolute atomic E-state index is 16.1. The van der Waals surface area contributed by atoms with Crippen LogP contribution in [0.2, 0.25) is 0 Å². The molecular weight excluding hydrogens is 349 g/mol. The smallest absolute Gasteiger partial charge is 0.118 e. The molecular formula is C25H36FNO. The third kappa shape index (κ3) is 4.43. The van der Waals surface area contributed by atoms with Crippen LogP contribution >= 0.6 is 0 Å². The predicted molar refractivity (Wildman–Crippen MR) is 112 cm³/mol. The lowest BCUT2D eigenvalue weighted by molar-refractivity contribution is 0.000482. The van der Waals surface area contributed by atoms with Crippen LogP contribution in [0, 0.1) is 30.1 Å². The van der Waals surface area contributed by atoms with Gasteiger partial charge in [-0.15, -0.1) is 0 Å². The number of alkyl halides is 1. The molecule has 3 aliphatic rings. The highest BCUT2D eigenvalue weighted by molar-refractivity contribution is 5.49. The molecule has 154 valence electrons. The number of ether oxygens (including phenoxy) is 1. The largest absolute Gasteiger partial charge is 0.370 e. The molecule has 1 saturated heterocycles. The number of nitrogens with zero attached hydrogens (tertiary/aromatic N) is 1. The lowest BCUT2D eigenvalue weighted by Gasteiger charge is -2.41. The van der Waals surface area contributed by atoms with Crippen molar-refractivity contribution in [1.29, 1.82) is 5.26 Å². The van der Waals surface area contributed by atoms with Gasteiger partial charge in [0.2, 0.25) is 0 Å². The van der Waals surface area contributed by atoms with Crippen LogP contribution in [0.3, 0.4) is 0 Å². The Morgan fingerprint density at radius 3 is 2.50 bits per heavy atom. The van der Waals surface area contributed by atoms with E-state index in [9.17, 15) is 5.26 Å². The number of fused-ring (bicyclic) bond motifs is 2. The van der Waals surface area contributed by atoms with E-state index in [4.69, 9.17) is 4.74 Å². The Balaban J connectivity index is 0.000000516. The molecule has 4 atom stereocenters. The molecule has 0 amide bonds. The van der Waals surface area contributed by atoms with Crippen molar-refractivity contribution in [2.45, 2.75) is 96.8 Å². The van der Waals surface area contributed by atoms with E-state index in [1.54, 1.807) is 0 Å². The second-order valence-corrected chi connectivity index (χ2v) is 10.1. The van der Waals surface area contributed by atoms with Gasteiger partial charge in [0.25, 0.3) is 0 Å². The first-order valence-corrected chi connectivity index (χ1v) is 11.0. The molecule has 2 fully saturated rings. The van der Waals surface area contributed by atoms with Crippen LogP contribution in [0.1, 0.15) is 94.4 Å². The lowest BCUT2D eigenvalue weighted by Crippen LogP contribution is -2.44. The van der Waals surface area contributed by atoms with E-state index in [-0.39, 0.29) is 11.5 Å². The number of aryl methyl sites for hydroxylation is 1. The van der Waals surface area contributed by atoms with E-state index in [0.29, 0.717) is 24.3 Å². The number of hydrogen-bond acceptors (Lipinski definition) is 2. The summed E-state index contributed by atoms with van der Waals surface area (Å²) in [5.74, 6) is 1.29. The Morgan fingerprint density at radius 2 is 1.89 bits per heavy atom. The third-order valence-electron chi connectivity index (χ3n) is 6.75. The minimum Gasteiger partial charge on any atom is -0.370 e. The summed E-state index contributed by atoms with van der Waals surface area (Å²) < 4.78 is 21.8.